The number of ether oxygens (including phenoxy) is 1. The van der Waals surface area contributed by atoms with Crippen LogP contribution in [0.3, 0.4) is 0 Å². The van der Waals surface area contributed by atoms with Crippen molar-refractivity contribution in [2.75, 3.05) is 6.61 Å². The second kappa shape index (κ2) is 9.41. The number of nitrogens with zero attached hydrogens (tertiary/aromatic N) is 3. The third-order valence-corrected chi connectivity index (χ3v) is 5.16. The van der Waals surface area contributed by atoms with Crippen LogP contribution in [0.5, 0.6) is 5.75 Å². The van der Waals surface area contributed by atoms with Gasteiger partial charge in [-0.1, -0.05) is 43.3 Å². The summed E-state index contributed by atoms with van der Waals surface area (Å²) in [6, 6.07) is 17.3. The van der Waals surface area contributed by atoms with Gasteiger partial charge in [0, 0.05) is 16.5 Å². The Morgan fingerprint density at radius 1 is 1.14 bits per heavy atom. The molecule has 7 heteroatoms. The molecule has 3 aromatic rings. The maximum Gasteiger partial charge on any atom is 0.196 e. The number of aliphatic carboxylic acids is 1. The van der Waals surface area contributed by atoms with Crippen LogP contribution in [0, 0.1) is 0 Å². The van der Waals surface area contributed by atoms with E-state index in [1.165, 1.54) is 0 Å². The molecule has 1 atom stereocenters. The van der Waals surface area contributed by atoms with E-state index in [9.17, 15) is 9.90 Å². The van der Waals surface area contributed by atoms with E-state index in [0.29, 0.717) is 17.6 Å². The Kier molecular flexibility index (Phi) is 6.71. The lowest BCUT2D eigenvalue weighted by Crippen LogP contribution is -2.31. The zero-order valence-electron chi connectivity index (χ0n) is 15.9. The van der Waals surface area contributed by atoms with Crippen LogP contribution >= 0.6 is 11.8 Å². The van der Waals surface area contributed by atoms with Gasteiger partial charge < -0.3 is 14.6 Å². The van der Waals surface area contributed by atoms with Crippen molar-refractivity contribution in [2.45, 2.75) is 37.1 Å². The highest BCUT2D eigenvalue weighted by molar-refractivity contribution is 8.00. The zero-order chi connectivity index (χ0) is 19.9. The molecule has 2 aromatic carbocycles. The summed E-state index contributed by atoms with van der Waals surface area (Å²) in [5.74, 6) is 0.310. The van der Waals surface area contributed by atoms with Gasteiger partial charge in [0.25, 0.3) is 0 Å². The number of rotatable bonds is 9. The summed E-state index contributed by atoms with van der Waals surface area (Å²) in [4.78, 5) is 11.2. The smallest absolute Gasteiger partial charge is 0.196 e. The van der Waals surface area contributed by atoms with Crippen molar-refractivity contribution in [3.8, 4) is 22.8 Å². The first-order valence-electron chi connectivity index (χ1n) is 9.21. The number of thioether (sulfide) groups is 1. The Balaban J connectivity index is 1.94. The minimum Gasteiger partial charge on any atom is -0.549 e. The highest BCUT2D eigenvalue weighted by Gasteiger charge is 2.18. The molecule has 1 aromatic heterocycles. The van der Waals surface area contributed by atoms with Crippen LogP contribution in [0.15, 0.2) is 59.8 Å². The lowest BCUT2D eigenvalue weighted by molar-refractivity contribution is -0.304. The Bertz CT molecular complexity index is 910. The molecule has 0 aliphatic rings. The van der Waals surface area contributed by atoms with E-state index in [1.54, 1.807) is 6.92 Å². The number of aromatic nitrogens is 3. The van der Waals surface area contributed by atoms with Crippen molar-refractivity contribution in [3.63, 3.8) is 0 Å². The number of hydrogen-bond acceptors (Lipinski definition) is 6. The van der Waals surface area contributed by atoms with Crippen molar-refractivity contribution in [2.24, 2.45) is 0 Å². The van der Waals surface area contributed by atoms with E-state index in [0.717, 1.165) is 41.6 Å². The van der Waals surface area contributed by atoms with Crippen LogP contribution in [-0.2, 0) is 4.79 Å². The molecule has 0 unspecified atom stereocenters. The van der Waals surface area contributed by atoms with Crippen molar-refractivity contribution in [1.29, 1.82) is 0 Å². The molecule has 0 aliphatic carbocycles. The fourth-order valence-electron chi connectivity index (χ4n) is 2.58. The summed E-state index contributed by atoms with van der Waals surface area (Å²) in [7, 11) is 0. The molecule has 0 amide bonds. The molecule has 0 saturated heterocycles. The first-order chi connectivity index (χ1) is 13.6. The molecule has 0 N–H and O–H groups in total. The summed E-state index contributed by atoms with van der Waals surface area (Å²) < 4.78 is 7.58. The molecule has 28 heavy (non-hydrogen) atoms. The van der Waals surface area contributed by atoms with E-state index >= 15 is 0 Å². The molecule has 146 valence electrons. The second-order valence-electron chi connectivity index (χ2n) is 6.28. The Morgan fingerprint density at radius 3 is 2.50 bits per heavy atom. The second-order valence-corrected chi connectivity index (χ2v) is 7.59. The van der Waals surface area contributed by atoms with Gasteiger partial charge in [-0.2, -0.15) is 0 Å². The molecular formula is C21H22N3O3S-. The number of unbranched alkanes of at least 4 members (excludes halogenated alkanes) is 1. The van der Waals surface area contributed by atoms with Gasteiger partial charge in [0.15, 0.2) is 11.0 Å². The van der Waals surface area contributed by atoms with Gasteiger partial charge in [0.05, 0.1) is 12.6 Å². The Labute approximate surface area is 168 Å². The molecule has 0 saturated carbocycles. The average Bonchev–Trinajstić information content (AvgIpc) is 3.12. The summed E-state index contributed by atoms with van der Waals surface area (Å²) in [5, 5.41) is 19.5. The van der Waals surface area contributed by atoms with E-state index in [1.807, 2.05) is 59.2 Å². The fraction of sp³-hybridized carbons (Fsp3) is 0.286. The van der Waals surface area contributed by atoms with Gasteiger partial charge in [-0.15, -0.1) is 10.2 Å². The van der Waals surface area contributed by atoms with E-state index in [2.05, 4.69) is 17.1 Å². The van der Waals surface area contributed by atoms with Gasteiger partial charge in [-0.25, -0.2) is 0 Å². The molecular weight excluding hydrogens is 374 g/mol. The summed E-state index contributed by atoms with van der Waals surface area (Å²) in [6.45, 7) is 4.39. The predicted molar refractivity (Wildman–Crippen MR) is 108 cm³/mol. The first-order valence-corrected chi connectivity index (χ1v) is 10.1. The van der Waals surface area contributed by atoms with Crippen LogP contribution in [0.1, 0.15) is 26.7 Å². The molecule has 0 aliphatic heterocycles. The third-order valence-electron chi connectivity index (χ3n) is 4.14. The van der Waals surface area contributed by atoms with Gasteiger partial charge in [0.1, 0.15) is 5.75 Å². The van der Waals surface area contributed by atoms with E-state index in [4.69, 9.17) is 4.74 Å². The van der Waals surface area contributed by atoms with Crippen molar-refractivity contribution >= 4 is 17.7 Å². The number of para-hydroxylation sites is 1. The summed E-state index contributed by atoms with van der Waals surface area (Å²) in [5.41, 5.74) is 1.73. The van der Waals surface area contributed by atoms with E-state index < -0.39 is 11.2 Å². The molecule has 0 fully saturated rings. The van der Waals surface area contributed by atoms with Crippen LogP contribution < -0.4 is 9.84 Å². The lowest BCUT2D eigenvalue weighted by Gasteiger charge is -2.14. The molecule has 1 heterocycles. The lowest BCUT2D eigenvalue weighted by atomic mass is 10.2. The van der Waals surface area contributed by atoms with Gasteiger partial charge >= 0.3 is 0 Å². The van der Waals surface area contributed by atoms with Crippen molar-refractivity contribution < 1.29 is 14.6 Å². The van der Waals surface area contributed by atoms with Gasteiger partial charge in [0.2, 0.25) is 0 Å². The first kappa shape index (κ1) is 19.9. The van der Waals surface area contributed by atoms with Crippen molar-refractivity contribution in [1.82, 2.24) is 14.8 Å². The highest BCUT2D eigenvalue weighted by Crippen LogP contribution is 2.30. The molecule has 3 rings (SSSR count). The average molecular weight is 396 g/mol. The Hall–Kier alpha value is -2.80. The quantitative estimate of drug-likeness (QED) is 0.408. The SMILES string of the molecule is CCCCOc1ccc(-c2nnc(S[C@H](C)C(=O)[O-])n2-c2ccccc2)cc1. The number of benzene rings is 2. The molecule has 0 bridgehead atoms. The summed E-state index contributed by atoms with van der Waals surface area (Å²) in [6.07, 6.45) is 2.10. The number of carboxylic acid groups (broad SMARTS) is 1. The van der Waals surface area contributed by atoms with Gasteiger partial charge in [-0.05, 0) is 49.7 Å². The largest absolute Gasteiger partial charge is 0.549 e. The predicted octanol–water partition coefficient (Wildman–Crippen LogP) is 3.34. The van der Waals surface area contributed by atoms with Crippen LogP contribution in [0.4, 0.5) is 0 Å². The van der Waals surface area contributed by atoms with Crippen LogP contribution in [-0.4, -0.2) is 32.6 Å². The summed E-state index contributed by atoms with van der Waals surface area (Å²) >= 11 is 1.11. The normalized spacial score (nSPS) is 11.9. The number of carbonyl (C=O) groups is 1. The molecule has 6 nitrogen and oxygen atoms in total. The maximum atomic E-state index is 11.2. The topological polar surface area (TPSA) is 80.1 Å². The highest BCUT2D eigenvalue weighted by atomic mass is 32.2. The molecule has 0 spiro atoms. The standard InChI is InChI=1S/C21H23N3O3S/c1-3-4-14-27-18-12-10-16(11-13-18)19-22-23-21(28-15(2)20(25)26)24(19)17-8-6-5-7-9-17/h5-13,15H,3-4,14H2,1-2H3,(H,25,26)/p-1/t15-/m1/s1. The van der Waals surface area contributed by atoms with Gasteiger partial charge in [-0.3, -0.25) is 4.57 Å². The van der Waals surface area contributed by atoms with Crippen LogP contribution in [0.2, 0.25) is 0 Å². The van der Waals surface area contributed by atoms with Crippen molar-refractivity contribution in [3.05, 3.63) is 54.6 Å². The Morgan fingerprint density at radius 2 is 1.86 bits per heavy atom. The minimum atomic E-state index is -1.14. The maximum absolute atomic E-state index is 11.2. The number of hydrogen-bond donors (Lipinski definition) is 0. The fourth-order valence-corrected chi connectivity index (χ4v) is 3.38. The minimum absolute atomic E-state index is 0.501. The zero-order valence-corrected chi connectivity index (χ0v) is 16.7. The monoisotopic (exact) mass is 396 g/mol. The molecule has 0 radical (unpaired) electrons. The third kappa shape index (κ3) is 4.72. The van der Waals surface area contributed by atoms with E-state index in [-0.39, 0.29) is 0 Å². The number of carbonyl (C=O) groups excluding carboxylic acids is 1. The van der Waals surface area contributed by atoms with Crippen LogP contribution in [0.25, 0.3) is 17.1 Å². The number of carboxylic acids is 1.